The van der Waals surface area contributed by atoms with Crippen LogP contribution in [0.15, 0.2) is 11.1 Å². The zero-order chi connectivity index (χ0) is 8.10. The van der Waals surface area contributed by atoms with Crippen LogP contribution in [0.25, 0.3) is 0 Å². The highest BCUT2D eigenvalue weighted by Gasteiger charge is 2.06. The van der Waals surface area contributed by atoms with Gasteiger partial charge in [0, 0.05) is 7.11 Å². The molecule has 1 fully saturated rings. The average molecular weight is 155 g/mol. The second-order valence-corrected chi connectivity index (χ2v) is 3.07. The number of rotatable bonds is 2. The second kappa shape index (κ2) is 4.52. The molecule has 2 nitrogen and oxygen atoms in total. The molecule has 0 aromatic carbocycles. The molecular formula is C9H17NO. The summed E-state index contributed by atoms with van der Waals surface area (Å²) in [4.78, 5) is 0. The Morgan fingerprint density at radius 1 is 1.45 bits per heavy atom. The van der Waals surface area contributed by atoms with Crippen molar-refractivity contribution in [3.05, 3.63) is 11.1 Å². The third-order valence-corrected chi connectivity index (χ3v) is 2.17. The number of piperidine rings is 1. The van der Waals surface area contributed by atoms with Crippen molar-refractivity contribution in [2.24, 2.45) is 0 Å². The van der Waals surface area contributed by atoms with Gasteiger partial charge in [0.2, 0.25) is 0 Å². The van der Waals surface area contributed by atoms with E-state index in [0.29, 0.717) is 0 Å². The van der Waals surface area contributed by atoms with Gasteiger partial charge in [-0.15, -0.1) is 0 Å². The van der Waals surface area contributed by atoms with Crippen LogP contribution >= 0.6 is 0 Å². The summed E-state index contributed by atoms with van der Waals surface area (Å²) in [6, 6.07) is 0. The van der Waals surface area contributed by atoms with Gasteiger partial charge in [-0.05, 0) is 38.4 Å². The molecule has 0 aromatic heterocycles. The van der Waals surface area contributed by atoms with Gasteiger partial charge < -0.3 is 10.1 Å². The summed E-state index contributed by atoms with van der Waals surface area (Å²) >= 11 is 0. The third-order valence-electron chi connectivity index (χ3n) is 2.17. The van der Waals surface area contributed by atoms with Gasteiger partial charge in [-0.3, -0.25) is 0 Å². The summed E-state index contributed by atoms with van der Waals surface area (Å²) in [6.45, 7) is 5.24. The zero-order valence-electron chi connectivity index (χ0n) is 7.44. The lowest BCUT2D eigenvalue weighted by molar-refractivity contribution is 0.224. The van der Waals surface area contributed by atoms with E-state index in [1.807, 2.05) is 0 Å². The first-order valence-electron chi connectivity index (χ1n) is 4.21. The molecule has 0 amide bonds. The molecule has 1 heterocycles. The molecule has 1 saturated heterocycles. The lowest BCUT2D eigenvalue weighted by Gasteiger charge is -2.17. The minimum Gasteiger partial charge on any atom is -0.380 e. The monoisotopic (exact) mass is 155 g/mol. The SMILES string of the molecule is COCC(C)=C1CCNCC1. The highest BCUT2D eigenvalue weighted by atomic mass is 16.5. The van der Waals surface area contributed by atoms with E-state index < -0.39 is 0 Å². The molecule has 0 bridgehead atoms. The van der Waals surface area contributed by atoms with Gasteiger partial charge in [-0.25, -0.2) is 0 Å². The maximum Gasteiger partial charge on any atom is 0.0672 e. The Morgan fingerprint density at radius 2 is 2.09 bits per heavy atom. The molecular weight excluding hydrogens is 138 g/mol. The first kappa shape index (κ1) is 8.75. The van der Waals surface area contributed by atoms with Gasteiger partial charge in [0.05, 0.1) is 6.61 Å². The fourth-order valence-corrected chi connectivity index (χ4v) is 1.47. The van der Waals surface area contributed by atoms with Crippen molar-refractivity contribution in [1.82, 2.24) is 5.32 Å². The molecule has 1 aliphatic rings. The Kier molecular flexibility index (Phi) is 3.60. The summed E-state index contributed by atoms with van der Waals surface area (Å²) in [7, 11) is 1.76. The van der Waals surface area contributed by atoms with E-state index in [2.05, 4.69) is 12.2 Å². The maximum atomic E-state index is 5.08. The molecule has 1 aliphatic heterocycles. The normalized spacial score (nSPS) is 18.5. The van der Waals surface area contributed by atoms with Crippen molar-refractivity contribution in [3.8, 4) is 0 Å². The molecule has 0 aliphatic carbocycles. The van der Waals surface area contributed by atoms with Gasteiger partial charge in [0.15, 0.2) is 0 Å². The van der Waals surface area contributed by atoms with Crippen molar-refractivity contribution in [3.63, 3.8) is 0 Å². The van der Waals surface area contributed by atoms with E-state index in [-0.39, 0.29) is 0 Å². The van der Waals surface area contributed by atoms with E-state index in [4.69, 9.17) is 4.74 Å². The summed E-state index contributed by atoms with van der Waals surface area (Å²) in [5, 5.41) is 3.34. The summed E-state index contributed by atoms with van der Waals surface area (Å²) in [5.41, 5.74) is 3.01. The van der Waals surface area contributed by atoms with Crippen molar-refractivity contribution in [2.45, 2.75) is 19.8 Å². The molecule has 1 rings (SSSR count). The Hall–Kier alpha value is -0.340. The molecule has 0 aromatic rings. The first-order valence-corrected chi connectivity index (χ1v) is 4.21. The van der Waals surface area contributed by atoms with Crippen LogP contribution in [-0.2, 0) is 4.74 Å². The molecule has 0 spiro atoms. The van der Waals surface area contributed by atoms with Crippen LogP contribution in [0.3, 0.4) is 0 Å². The minimum absolute atomic E-state index is 0.801. The van der Waals surface area contributed by atoms with Crippen molar-refractivity contribution in [1.29, 1.82) is 0 Å². The standard InChI is InChI=1S/C9H17NO/c1-8(7-11-2)9-3-5-10-6-4-9/h10H,3-7H2,1-2H3. The van der Waals surface area contributed by atoms with Gasteiger partial charge >= 0.3 is 0 Å². The Morgan fingerprint density at radius 3 is 2.64 bits per heavy atom. The Labute approximate surface area is 68.6 Å². The number of hydrogen-bond donors (Lipinski definition) is 1. The van der Waals surface area contributed by atoms with Crippen LogP contribution in [0.1, 0.15) is 19.8 Å². The lowest BCUT2D eigenvalue weighted by atomic mass is 10.0. The van der Waals surface area contributed by atoms with Crippen molar-refractivity contribution in [2.75, 3.05) is 26.8 Å². The molecule has 0 radical (unpaired) electrons. The smallest absolute Gasteiger partial charge is 0.0672 e. The fourth-order valence-electron chi connectivity index (χ4n) is 1.47. The Balaban J connectivity index is 2.46. The van der Waals surface area contributed by atoms with Gasteiger partial charge in [0.25, 0.3) is 0 Å². The van der Waals surface area contributed by atoms with Crippen LogP contribution in [0.4, 0.5) is 0 Å². The van der Waals surface area contributed by atoms with Crippen molar-refractivity contribution >= 4 is 0 Å². The number of hydrogen-bond acceptors (Lipinski definition) is 2. The van der Waals surface area contributed by atoms with Gasteiger partial charge in [0.1, 0.15) is 0 Å². The maximum absolute atomic E-state index is 5.08. The van der Waals surface area contributed by atoms with Crippen LogP contribution in [0.2, 0.25) is 0 Å². The minimum atomic E-state index is 0.801. The summed E-state index contributed by atoms with van der Waals surface area (Å²) in [6.07, 6.45) is 2.41. The molecule has 0 saturated carbocycles. The highest BCUT2D eigenvalue weighted by molar-refractivity contribution is 5.14. The van der Waals surface area contributed by atoms with E-state index in [0.717, 1.165) is 19.7 Å². The lowest BCUT2D eigenvalue weighted by Crippen LogP contribution is -2.24. The topological polar surface area (TPSA) is 21.3 Å². The van der Waals surface area contributed by atoms with Crippen LogP contribution < -0.4 is 5.32 Å². The summed E-state index contributed by atoms with van der Waals surface area (Å²) < 4.78 is 5.08. The molecule has 64 valence electrons. The van der Waals surface area contributed by atoms with E-state index in [1.165, 1.54) is 18.4 Å². The number of ether oxygens (including phenoxy) is 1. The van der Waals surface area contributed by atoms with Gasteiger partial charge in [-0.1, -0.05) is 5.57 Å². The zero-order valence-corrected chi connectivity index (χ0v) is 7.44. The van der Waals surface area contributed by atoms with E-state index >= 15 is 0 Å². The predicted molar refractivity (Wildman–Crippen MR) is 46.7 cm³/mol. The largest absolute Gasteiger partial charge is 0.380 e. The van der Waals surface area contributed by atoms with Gasteiger partial charge in [-0.2, -0.15) is 0 Å². The van der Waals surface area contributed by atoms with Crippen LogP contribution in [0.5, 0.6) is 0 Å². The van der Waals surface area contributed by atoms with Crippen LogP contribution in [-0.4, -0.2) is 26.8 Å². The molecule has 11 heavy (non-hydrogen) atoms. The summed E-state index contributed by atoms with van der Waals surface area (Å²) in [5.74, 6) is 0. The molecule has 1 N–H and O–H groups in total. The van der Waals surface area contributed by atoms with Crippen LogP contribution in [0, 0.1) is 0 Å². The molecule has 2 heteroatoms. The Bertz CT molecular complexity index is 144. The average Bonchev–Trinajstić information content (AvgIpc) is 2.07. The molecule has 0 unspecified atom stereocenters. The quantitative estimate of drug-likeness (QED) is 0.607. The van der Waals surface area contributed by atoms with E-state index in [9.17, 15) is 0 Å². The molecule has 0 atom stereocenters. The fraction of sp³-hybridized carbons (Fsp3) is 0.778. The number of nitrogens with one attached hydrogen (secondary N) is 1. The predicted octanol–water partition coefficient (Wildman–Crippen LogP) is 1.33. The number of methoxy groups -OCH3 is 1. The first-order chi connectivity index (χ1) is 5.34. The van der Waals surface area contributed by atoms with E-state index in [1.54, 1.807) is 12.7 Å². The second-order valence-electron chi connectivity index (χ2n) is 3.07. The van der Waals surface area contributed by atoms with Crippen molar-refractivity contribution < 1.29 is 4.74 Å². The highest BCUT2D eigenvalue weighted by Crippen LogP contribution is 2.15. The third kappa shape index (κ3) is 2.64.